The molecule has 0 unspecified atom stereocenters. The fraction of sp³-hybridized carbons (Fsp3) is 0.267. The third-order valence-corrected chi connectivity index (χ3v) is 3.30. The summed E-state index contributed by atoms with van der Waals surface area (Å²) in [7, 11) is 2.04. The van der Waals surface area contributed by atoms with Crippen molar-refractivity contribution in [2.45, 2.75) is 19.8 Å². The molecule has 0 bridgehead atoms. The molecule has 0 amide bonds. The van der Waals surface area contributed by atoms with E-state index in [-0.39, 0.29) is 0 Å². The molecule has 0 N–H and O–H groups in total. The molecule has 0 atom stereocenters. The van der Waals surface area contributed by atoms with Crippen LogP contribution in [0.25, 0.3) is 17.1 Å². The molecule has 0 aliphatic rings. The Kier molecular flexibility index (Phi) is 3.10. The first-order chi connectivity index (χ1) is 9.66. The molecular formula is C15H17N5. The first-order valence-electron chi connectivity index (χ1n) is 6.65. The van der Waals surface area contributed by atoms with E-state index < -0.39 is 0 Å². The molecule has 0 saturated heterocycles. The van der Waals surface area contributed by atoms with E-state index >= 15 is 0 Å². The molecule has 0 aliphatic heterocycles. The normalized spacial score (nSPS) is 11.2. The van der Waals surface area contributed by atoms with Gasteiger partial charge in [0.25, 0.3) is 0 Å². The minimum atomic E-state index is 0.402. The van der Waals surface area contributed by atoms with Crippen molar-refractivity contribution in [1.82, 2.24) is 24.3 Å². The van der Waals surface area contributed by atoms with E-state index in [9.17, 15) is 0 Å². The fourth-order valence-corrected chi connectivity index (χ4v) is 2.30. The zero-order chi connectivity index (χ0) is 14.1. The van der Waals surface area contributed by atoms with Crippen molar-refractivity contribution in [2.24, 2.45) is 7.05 Å². The summed E-state index contributed by atoms with van der Waals surface area (Å²) in [6.45, 7) is 4.28. The second-order valence-corrected chi connectivity index (χ2v) is 5.08. The SMILES string of the molecule is CC(C)c1ncc(-c2cnn(-c3ccccn3)c2)n1C. The Morgan fingerprint density at radius 2 is 1.95 bits per heavy atom. The second-order valence-electron chi connectivity index (χ2n) is 5.08. The van der Waals surface area contributed by atoms with Crippen LogP contribution in [0.15, 0.2) is 43.0 Å². The standard InChI is InChI=1S/C15H17N5/c1-11(2)15-17-9-13(19(15)3)12-8-18-20(10-12)14-6-4-5-7-16-14/h4-11H,1-3H3. The average Bonchev–Trinajstić information content (AvgIpc) is 3.06. The van der Waals surface area contributed by atoms with Crippen LogP contribution in [0.4, 0.5) is 0 Å². The summed E-state index contributed by atoms with van der Waals surface area (Å²) in [5, 5.41) is 4.37. The van der Waals surface area contributed by atoms with Crippen molar-refractivity contribution in [3.05, 3.63) is 48.8 Å². The van der Waals surface area contributed by atoms with E-state index in [4.69, 9.17) is 0 Å². The first kappa shape index (κ1) is 12.6. The number of hydrogen-bond donors (Lipinski definition) is 0. The fourth-order valence-electron chi connectivity index (χ4n) is 2.30. The molecule has 3 rings (SSSR count). The molecule has 3 aromatic heterocycles. The number of pyridine rings is 1. The summed E-state index contributed by atoms with van der Waals surface area (Å²) in [5.41, 5.74) is 2.11. The van der Waals surface area contributed by atoms with Gasteiger partial charge in [-0.1, -0.05) is 19.9 Å². The van der Waals surface area contributed by atoms with Crippen molar-refractivity contribution >= 4 is 0 Å². The van der Waals surface area contributed by atoms with Crippen LogP contribution in [0.3, 0.4) is 0 Å². The molecule has 3 aromatic rings. The smallest absolute Gasteiger partial charge is 0.153 e. The van der Waals surface area contributed by atoms with Crippen LogP contribution < -0.4 is 0 Å². The summed E-state index contributed by atoms with van der Waals surface area (Å²) in [6, 6.07) is 5.77. The lowest BCUT2D eigenvalue weighted by Gasteiger charge is -2.06. The van der Waals surface area contributed by atoms with Crippen molar-refractivity contribution in [1.29, 1.82) is 0 Å². The quantitative estimate of drug-likeness (QED) is 0.733. The molecule has 3 heterocycles. The van der Waals surface area contributed by atoms with Gasteiger partial charge >= 0.3 is 0 Å². The zero-order valence-corrected chi connectivity index (χ0v) is 11.9. The Hall–Kier alpha value is -2.43. The van der Waals surface area contributed by atoms with Crippen LogP contribution in [0.1, 0.15) is 25.6 Å². The third kappa shape index (κ3) is 2.11. The molecule has 5 nitrogen and oxygen atoms in total. The zero-order valence-electron chi connectivity index (χ0n) is 11.9. The minimum absolute atomic E-state index is 0.402. The molecule has 5 heteroatoms. The van der Waals surface area contributed by atoms with Gasteiger partial charge in [0.2, 0.25) is 0 Å². The lowest BCUT2D eigenvalue weighted by atomic mass is 10.2. The molecule has 102 valence electrons. The number of aromatic nitrogens is 5. The predicted molar refractivity (Wildman–Crippen MR) is 77.7 cm³/mol. The maximum Gasteiger partial charge on any atom is 0.153 e. The third-order valence-electron chi connectivity index (χ3n) is 3.30. The van der Waals surface area contributed by atoms with Gasteiger partial charge in [-0.2, -0.15) is 5.10 Å². The van der Waals surface area contributed by atoms with Crippen LogP contribution in [-0.2, 0) is 7.05 Å². The highest BCUT2D eigenvalue weighted by Gasteiger charge is 2.13. The Labute approximate surface area is 117 Å². The molecule has 0 aliphatic carbocycles. The topological polar surface area (TPSA) is 48.5 Å². The van der Waals surface area contributed by atoms with Crippen molar-refractivity contribution in [2.75, 3.05) is 0 Å². The van der Waals surface area contributed by atoms with Gasteiger partial charge in [0, 0.05) is 30.9 Å². The highest BCUT2D eigenvalue weighted by Crippen LogP contribution is 2.23. The first-order valence-corrected chi connectivity index (χ1v) is 6.65. The summed E-state index contributed by atoms with van der Waals surface area (Å²) in [5.74, 6) is 2.29. The minimum Gasteiger partial charge on any atom is -0.331 e. The van der Waals surface area contributed by atoms with Gasteiger partial charge in [-0.05, 0) is 12.1 Å². The highest BCUT2D eigenvalue weighted by atomic mass is 15.3. The number of hydrogen-bond acceptors (Lipinski definition) is 3. The Bertz CT molecular complexity index is 709. The molecule has 20 heavy (non-hydrogen) atoms. The van der Waals surface area contributed by atoms with Crippen molar-refractivity contribution in [3.63, 3.8) is 0 Å². The number of imidazole rings is 1. The Morgan fingerprint density at radius 3 is 2.60 bits per heavy atom. The predicted octanol–water partition coefficient (Wildman–Crippen LogP) is 2.79. The second kappa shape index (κ2) is 4.92. The average molecular weight is 267 g/mol. The van der Waals surface area contributed by atoms with Crippen LogP contribution in [0.2, 0.25) is 0 Å². The van der Waals surface area contributed by atoms with Crippen molar-refractivity contribution < 1.29 is 0 Å². The van der Waals surface area contributed by atoms with Crippen LogP contribution in [0, 0.1) is 0 Å². The molecule has 0 aromatic carbocycles. The monoisotopic (exact) mass is 267 g/mol. The summed E-state index contributed by atoms with van der Waals surface area (Å²) >= 11 is 0. The Morgan fingerprint density at radius 1 is 1.10 bits per heavy atom. The largest absolute Gasteiger partial charge is 0.331 e. The Balaban J connectivity index is 1.99. The van der Waals surface area contributed by atoms with E-state index in [2.05, 4.69) is 33.5 Å². The van der Waals surface area contributed by atoms with Gasteiger partial charge in [0.05, 0.1) is 18.1 Å². The van der Waals surface area contributed by atoms with Gasteiger partial charge in [0.15, 0.2) is 5.82 Å². The van der Waals surface area contributed by atoms with Crippen LogP contribution in [0.5, 0.6) is 0 Å². The van der Waals surface area contributed by atoms with Gasteiger partial charge in [-0.15, -0.1) is 0 Å². The van der Waals surface area contributed by atoms with E-state index in [0.29, 0.717) is 5.92 Å². The van der Waals surface area contributed by atoms with Gasteiger partial charge in [-0.3, -0.25) is 0 Å². The van der Waals surface area contributed by atoms with Crippen LogP contribution >= 0.6 is 0 Å². The molecular weight excluding hydrogens is 250 g/mol. The summed E-state index contributed by atoms with van der Waals surface area (Å²) in [6.07, 6.45) is 7.48. The van der Waals surface area contributed by atoms with E-state index in [0.717, 1.165) is 22.9 Å². The van der Waals surface area contributed by atoms with E-state index in [1.807, 2.05) is 43.8 Å². The van der Waals surface area contributed by atoms with E-state index in [1.54, 1.807) is 10.9 Å². The summed E-state index contributed by atoms with van der Waals surface area (Å²) in [4.78, 5) is 8.77. The lowest BCUT2D eigenvalue weighted by Crippen LogP contribution is -2.01. The van der Waals surface area contributed by atoms with Gasteiger partial charge in [0.1, 0.15) is 5.82 Å². The molecule has 0 spiro atoms. The summed E-state index contributed by atoms with van der Waals surface area (Å²) < 4.78 is 3.89. The van der Waals surface area contributed by atoms with Gasteiger partial charge < -0.3 is 4.57 Å². The molecule has 0 saturated carbocycles. The van der Waals surface area contributed by atoms with Crippen molar-refractivity contribution in [3.8, 4) is 17.1 Å². The molecule has 0 radical (unpaired) electrons. The number of rotatable bonds is 3. The van der Waals surface area contributed by atoms with E-state index in [1.165, 1.54) is 0 Å². The highest BCUT2D eigenvalue weighted by molar-refractivity contribution is 5.58. The molecule has 0 fully saturated rings. The lowest BCUT2D eigenvalue weighted by molar-refractivity contribution is 0.714. The maximum atomic E-state index is 4.48. The maximum absolute atomic E-state index is 4.48. The van der Waals surface area contributed by atoms with Gasteiger partial charge in [-0.25, -0.2) is 14.6 Å². The number of nitrogens with zero attached hydrogens (tertiary/aromatic N) is 5. The van der Waals surface area contributed by atoms with Crippen LogP contribution in [-0.4, -0.2) is 24.3 Å².